The summed E-state index contributed by atoms with van der Waals surface area (Å²) >= 11 is 0. The summed E-state index contributed by atoms with van der Waals surface area (Å²) in [5, 5.41) is 2.36. The van der Waals surface area contributed by atoms with Crippen molar-refractivity contribution in [2.45, 2.75) is 141 Å². The first-order valence-corrected chi connectivity index (χ1v) is 24.3. The molecule has 1 aliphatic heterocycles. The van der Waals surface area contributed by atoms with E-state index in [9.17, 15) is 0 Å². The number of fused-ring (bicyclic) bond motifs is 9. The maximum Gasteiger partial charge on any atom is 2.00 e. The fourth-order valence-corrected chi connectivity index (χ4v) is 11.5. The summed E-state index contributed by atoms with van der Waals surface area (Å²) in [6.07, 6.45) is 1.94. The SMILES string of the molecule is Cc1ccc2c(c1)c1ccc(-c3cc(C(C)(C)C)ccn3)[c-]c1n2-c1[c-]c(C2=N[C@@H]3c4cc(C)c(C)c(C)c4-c4c(cc(C)c(C)c4C)[C@]3(C)N2c2c(C)c(C)cc(C)c2C)cc(C(C)C)c1.[Pt+2]. The minimum atomic E-state index is -0.561. The monoisotopic (exact) mass is 1070 g/mol. The first-order valence-electron chi connectivity index (χ1n) is 24.3. The molecule has 348 valence electrons. The van der Waals surface area contributed by atoms with Crippen LogP contribution in [-0.4, -0.2) is 15.4 Å². The van der Waals surface area contributed by atoms with E-state index in [1.54, 1.807) is 0 Å². The second-order valence-corrected chi connectivity index (χ2v) is 21.8. The standard InChI is InChI=1S/C63H66N4.Pt/c1-33(2)46-28-47(30-49(29-46)66-55-21-18-34(3)24-51(55)50-20-19-45(31-56(50)66)54-32-48(22-23-64-54)62(14,15)16)61-65-60-52-26-37(6)39(8)43(12)57(52)58-44(13)40(9)38(7)27-53(58)63(60,17)67(61)59-41(10)35(4)25-36(5)42(59)11;/h18-29,32-33,60H,1-17H3;/q-2;+2/t60-,63+;/m1./s1. The molecule has 5 heteroatoms. The molecule has 3 heterocycles. The van der Waals surface area contributed by atoms with E-state index in [-0.39, 0.29) is 38.4 Å². The van der Waals surface area contributed by atoms with Crippen molar-refractivity contribution >= 4 is 33.3 Å². The van der Waals surface area contributed by atoms with Gasteiger partial charge in [-0.25, -0.2) is 0 Å². The Morgan fingerprint density at radius 3 is 1.94 bits per heavy atom. The van der Waals surface area contributed by atoms with E-state index >= 15 is 0 Å². The molecule has 0 saturated carbocycles. The molecule has 68 heavy (non-hydrogen) atoms. The summed E-state index contributed by atoms with van der Waals surface area (Å²) < 4.78 is 2.40. The van der Waals surface area contributed by atoms with Crippen molar-refractivity contribution in [3.8, 4) is 28.1 Å². The maximum atomic E-state index is 6.11. The van der Waals surface area contributed by atoms with E-state index < -0.39 is 5.54 Å². The summed E-state index contributed by atoms with van der Waals surface area (Å²) in [4.78, 5) is 13.7. The number of aromatic nitrogens is 2. The molecule has 0 spiro atoms. The maximum absolute atomic E-state index is 6.11. The molecule has 0 radical (unpaired) electrons. The topological polar surface area (TPSA) is 33.4 Å². The van der Waals surface area contributed by atoms with Gasteiger partial charge in [-0.3, -0.25) is 0 Å². The molecule has 0 unspecified atom stereocenters. The average molecular weight is 1070 g/mol. The van der Waals surface area contributed by atoms with Crippen LogP contribution in [0.25, 0.3) is 49.9 Å². The smallest absolute Gasteiger partial charge is 0.354 e. The summed E-state index contributed by atoms with van der Waals surface area (Å²) in [6, 6.07) is 35.6. The van der Waals surface area contributed by atoms with Gasteiger partial charge in [-0.2, -0.15) is 0 Å². The van der Waals surface area contributed by atoms with Gasteiger partial charge in [-0.05, 0) is 212 Å². The molecule has 0 amide bonds. The van der Waals surface area contributed by atoms with Gasteiger partial charge in [0.2, 0.25) is 0 Å². The van der Waals surface area contributed by atoms with Gasteiger partial charge >= 0.3 is 21.1 Å². The molecule has 2 aromatic heterocycles. The number of hydrogen-bond donors (Lipinski definition) is 0. The number of benzene rings is 6. The van der Waals surface area contributed by atoms with E-state index in [2.05, 4.69) is 212 Å². The van der Waals surface area contributed by atoms with Gasteiger partial charge in [-0.15, -0.1) is 53.1 Å². The Morgan fingerprint density at radius 1 is 0.632 bits per heavy atom. The van der Waals surface area contributed by atoms with E-state index in [4.69, 9.17) is 9.98 Å². The van der Waals surface area contributed by atoms with Crippen LogP contribution < -0.4 is 4.90 Å². The van der Waals surface area contributed by atoms with Gasteiger partial charge in [0.15, 0.2) is 0 Å². The van der Waals surface area contributed by atoms with Crippen LogP contribution in [0.2, 0.25) is 0 Å². The fourth-order valence-electron chi connectivity index (χ4n) is 11.5. The van der Waals surface area contributed by atoms with Crippen molar-refractivity contribution < 1.29 is 21.1 Å². The van der Waals surface area contributed by atoms with Crippen LogP contribution in [0.1, 0.15) is 143 Å². The van der Waals surface area contributed by atoms with Gasteiger partial charge < -0.3 is 19.4 Å². The summed E-state index contributed by atoms with van der Waals surface area (Å²) in [5.74, 6) is 1.20. The molecule has 6 aromatic carbocycles. The van der Waals surface area contributed by atoms with Crippen LogP contribution in [0.4, 0.5) is 5.69 Å². The predicted molar refractivity (Wildman–Crippen MR) is 284 cm³/mol. The zero-order valence-electron chi connectivity index (χ0n) is 43.3. The summed E-state index contributed by atoms with van der Waals surface area (Å²) in [5.41, 5.74) is 29.0. The van der Waals surface area contributed by atoms with Crippen LogP contribution in [0, 0.1) is 88.3 Å². The first kappa shape index (κ1) is 47.5. The second kappa shape index (κ2) is 16.5. The number of nitrogens with zero attached hydrogens (tertiary/aromatic N) is 4. The number of pyridine rings is 1. The number of aliphatic imine (C=N–C) groups is 1. The average Bonchev–Trinajstić information content (AvgIpc) is 3.78. The molecule has 4 nitrogen and oxygen atoms in total. The zero-order valence-corrected chi connectivity index (χ0v) is 45.5. The predicted octanol–water partition coefficient (Wildman–Crippen LogP) is 16.2. The zero-order chi connectivity index (χ0) is 47.9. The molecule has 0 N–H and O–H groups in total. The Balaban J connectivity index is 0.00000578. The van der Waals surface area contributed by atoms with Gasteiger partial charge in [0.25, 0.3) is 0 Å². The Hall–Kier alpha value is -5.57. The van der Waals surface area contributed by atoms with E-state index in [1.807, 2.05) is 6.20 Å². The van der Waals surface area contributed by atoms with E-state index in [1.165, 1.54) is 106 Å². The van der Waals surface area contributed by atoms with Gasteiger partial charge in [0.05, 0.1) is 17.4 Å². The van der Waals surface area contributed by atoms with Gasteiger partial charge in [0, 0.05) is 17.4 Å². The van der Waals surface area contributed by atoms with Crippen molar-refractivity contribution in [1.82, 2.24) is 9.55 Å². The third kappa shape index (κ3) is 7.01. The minimum absolute atomic E-state index is 0. The Labute approximate surface area is 420 Å². The number of aryl methyl sites for hydroxylation is 5. The van der Waals surface area contributed by atoms with Crippen LogP contribution in [0.3, 0.4) is 0 Å². The third-order valence-electron chi connectivity index (χ3n) is 16.2. The normalized spacial score (nSPS) is 16.6. The number of amidine groups is 1. The van der Waals surface area contributed by atoms with Crippen LogP contribution in [-0.2, 0) is 32.0 Å². The van der Waals surface area contributed by atoms with Crippen molar-refractivity contribution in [3.63, 3.8) is 0 Å². The van der Waals surface area contributed by atoms with Crippen molar-refractivity contribution in [1.29, 1.82) is 0 Å². The second-order valence-electron chi connectivity index (χ2n) is 21.8. The quantitative estimate of drug-likeness (QED) is 0.161. The number of rotatable bonds is 5. The molecule has 1 aliphatic carbocycles. The Morgan fingerprint density at radius 2 is 1.28 bits per heavy atom. The Bertz CT molecular complexity index is 3440. The molecule has 0 fully saturated rings. The van der Waals surface area contributed by atoms with Gasteiger partial charge in [0.1, 0.15) is 0 Å². The summed E-state index contributed by atoms with van der Waals surface area (Å²) in [6.45, 7) is 39.0. The largest absolute Gasteiger partial charge is 2.00 e. The van der Waals surface area contributed by atoms with Crippen molar-refractivity contribution in [2.75, 3.05) is 4.90 Å². The molecule has 8 aromatic rings. The molecular formula is C63H66N4Pt. The molecule has 0 bridgehead atoms. The van der Waals surface area contributed by atoms with Crippen LogP contribution in [0.5, 0.6) is 0 Å². The van der Waals surface area contributed by atoms with Crippen molar-refractivity contribution in [2.24, 2.45) is 4.99 Å². The molecule has 0 saturated heterocycles. The van der Waals surface area contributed by atoms with Gasteiger partial charge in [-0.1, -0.05) is 82.0 Å². The van der Waals surface area contributed by atoms with Crippen molar-refractivity contribution in [3.05, 3.63) is 180 Å². The molecule has 2 atom stereocenters. The number of anilines is 1. The summed E-state index contributed by atoms with van der Waals surface area (Å²) in [7, 11) is 0. The Kier molecular flexibility index (Phi) is 11.6. The number of hydrogen-bond acceptors (Lipinski definition) is 3. The van der Waals surface area contributed by atoms with E-state index in [0.717, 1.165) is 44.8 Å². The van der Waals surface area contributed by atoms with E-state index in [0.29, 0.717) is 0 Å². The molecular weight excluding hydrogens is 1010 g/mol. The molecule has 2 aliphatic rings. The molecule has 10 rings (SSSR count). The first-order chi connectivity index (χ1) is 31.6. The third-order valence-corrected chi connectivity index (χ3v) is 16.2. The fraction of sp³-hybridized carbons (Fsp3) is 0.333. The van der Waals surface area contributed by atoms with Crippen LogP contribution >= 0.6 is 0 Å². The van der Waals surface area contributed by atoms with Crippen LogP contribution in [0.15, 0.2) is 84.0 Å². The minimum Gasteiger partial charge on any atom is -0.354 e.